The first kappa shape index (κ1) is 16.3. The summed E-state index contributed by atoms with van der Waals surface area (Å²) in [5.74, 6) is 1.09. The SMILES string of the molecule is C=C(C)CN=C(N)NCC1CC(=O)N(C2CC2)C1.I. The Hall–Kier alpha value is -0.790. The van der Waals surface area contributed by atoms with Gasteiger partial charge in [-0.1, -0.05) is 12.2 Å². The normalized spacial score (nSPS) is 23.2. The summed E-state index contributed by atoms with van der Waals surface area (Å²) in [7, 11) is 0. The summed E-state index contributed by atoms with van der Waals surface area (Å²) in [4.78, 5) is 17.9. The summed E-state index contributed by atoms with van der Waals surface area (Å²) < 4.78 is 0. The van der Waals surface area contributed by atoms with E-state index in [2.05, 4.69) is 16.9 Å². The van der Waals surface area contributed by atoms with Crippen LogP contribution in [0.15, 0.2) is 17.1 Å². The molecule has 5 nitrogen and oxygen atoms in total. The summed E-state index contributed by atoms with van der Waals surface area (Å²) >= 11 is 0. The maximum Gasteiger partial charge on any atom is 0.223 e. The van der Waals surface area contributed by atoms with Crippen molar-refractivity contribution in [3.8, 4) is 0 Å². The molecule has 19 heavy (non-hydrogen) atoms. The molecule has 108 valence electrons. The largest absolute Gasteiger partial charge is 0.370 e. The van der Waals surface area contributed by atoms with Crippen molar-refractivity contribution in [3.63, 3.8) is 0 Å². The van der Waals surface area contributed by atoms with E-state index in [1.54, 1.807) is 0 Å². The number of carbonyl (C=O) groups is 1. The molecule has 2 rings (SSSR count). The lowest BCUT2D eigenvalue weighted by atomic mass is 10.1. The molecule has 1 amide bonds. The third-order valence-corrected chi connectivity index (χ3v) is 3.32. The van der Waals surface area contributed by atoms with Crippen LogP contribution in [0.5, 0.6) is 0 Å². The highest BCUT2D eigenvalue weighted by Crippen LogP contribution is 2.32. The highest BCUT2D eigenvalue weighted by Gasteiger charge is 2.38. The van der Waals surface area contributed by atoms with Gasteiger partial charge in [0.15, 0.2) is 5.96 Å². The van der Waals surface area contributed by atoms with E-state index in [1.165, 1.54) is 12.8 Å². The van der Waals surface area contributed by atoms with Crippen molar-refractivity contribution in [1.82, 2.24) is 10.2 Å². The average molecular weight is 378 g/mol. The van der Waals surface area contributed by atoms with Gasteiger partial charge in [-0.2, -0.15) is 0 Å². The average Bonchev–Trinajstić information content (AvgIpc) is 3.08. The molecule has 0 aromatic rings. The lowest BCUT2D eigenvalue weighted by Gasteiger charge is -2.15. The van der Waals surface area contributed by atoms with Crippen LogP contribution in [0.2, 0.25) is 0 Å². The Morgan fingerprint density at radius 3 is 2.84 bits per heavy atom. The van der Waals surface area contributed by atoms with Crippen molar-refractivity contribution in [2.75, 3.05) is 19.6 Å². The molecule has 1 atom stereocenters. The summed E-state index contributed by atoms with van der Waals surface area (Å²) in [6.45, 7) is 7.83. The van der Waals surface area contributed by atoms with Crippen molar-refractivity contribution in [3.05, 3.63) is 12.2 Å². The number of nitrogens with one attached hydrogen (secondary N) is 1. The third-order valence-electron chi connectivity index (χ3n) is 3.32. The van der Waals surface area contributed by atoms with Gasteiger partial charge in [0, 0.05) is 31.5 Å². The summed E-state index contributed by atoms with van der Waals surface area (Å²) in [6.07, 6.45) is 2.99. The molecule has 1 saturated heterocycles. The van der Waals surface area contributed by atoms with Gasteiger partial charge in [-0.25, -0.2) is 4.99 Å². The molecular weight excluding hydrogens is 355 g/mol. The van der Waals surface area contributed by atoms with Crippen LogP contribution in [0, 0.1) is 5.92 Å². The Bertz CT molecular complexity index is 379. The van der Waals surface area contributed by atoms with Gasteiger partial charge in [-0.3, -0.25) is 4.79 Å². The van der Waals surface area contributed by atoms with Gasteiger partial charge in [-0.05, 0) is 19.8 Å². The Morgan fingerprint density at radius 2 is 2.26 bits per heavy atom. The first-order chi connectivity index (χ1) is 8.56. The van der Waals surface area contributed by atoms with E-state index in [0.29, 0.717) is 36.8 Å². The van der Waals surface area contributed by atoms with Crippen LogP contribution in [-0.4, -0.2) is 42.4 Å². The van der Waals surface area contributed by atoms with Gasteiger partial charge in [-0.15, -0.1) is 24.0 Å². The van der Waals surface area contributed by atoms with E-state index in [9.17, 15) is 4.79 Å². The summed E-state index contributed by atoms with van der Waals surface area (Å²) in [5.41, 5.74) is 6.72. The lowest BCUT2D eigenvalue weighted by molar-refractivity contribution is -0.128. The molecule has 1 aliphatic carbocycles. The minimum Gasteiger partial charge on any atom is -0.370 e. The van der Waals surface area contributed by atoms with Gasteiger partial charge in [0.1, 0.15) is 0 Å². The Labute approximate surface area is 131 Å². The number of rotatable bonds is 5. The maximum absolute atomic E-state index is 11.8. The number of carbonyl (C=O) groups excluding carboxylic acids is 1. The number of aliphatic imine (C=N–C) groups is 1. The van der Waals surface area contributed by atoms with Crippen LogP contribution in [0.25, 0.3) is 0 Å². The predicted molar refractivity (Wildman–Crippen MR) is 87.6 cm³/mol. The van der Waals surface area contributed by atoms with Crippen molar-refractivity contribution in [2.24, 2.45) is 16.6 Å². The minimum absolute atomic E-state index is 0. The maximum atomic E-state index is 11.8. The molecule has 1 unspecified atom stereocenters. The molecule has 3 N–H and O–H groups in total. The molecule has 2 fully saturated rings. The minimum atomic E-state index is 0. The van der Waals surface area contributed by atoms with Gasteiger partial charge < -0.3 is 16.0 Å². The molecule has 0 bridgehead atoms. The third kappa shape index (κ3) is 5.00. The molecule has 1 saturated carbocycles. The molecular formula is C13H23IN4O. The van der Waals surface area contributed by atoms with E-state index in [-0.39, 0.29) is 24.0 Å². The zero-order chi connectivity index (χ0) is 13.1. The smallest absolute Gasteiger partial charge is 0.223 e. The molecule has 0 aromatic carbocycles. The van der Waals surface area contributed by atoms with Crippen LogP contribution < -0.4 is 11.1 Å². The van der Waals surface area contributed by atoms with Crippen molar-refractivity contribution in [1.29, 1.82) is 0 Å². The Balaban J connectivity index is 0.00000180. The second-order valence-corrected chi connectivity index (χ2v) is 5.39. The zero-order valence-corrected chi connectivity index (χ0v) is 13.7. The Kier molecular flexibility index (Phi) is 6.09. The first-order valence-electron chi connectivity index (χ1n) is 6.54. The lowest BCUT2D eigenvalue weighted by Crippen LogP contribution is -2.36. The highest BCUT2D eigenvalue weighted by atomic mass is 127. The second-order valence-electron chi connectivity index (χ2n) is 5.39. The second kappa shape index (κ2) is 7.12. The monoisotopic (exact) mass is 378 g/mol. The van der Waals surface area contributed by atoms with E-state index in [1.807, 2.05) is 11.8 Å². The van der Waals surface area contributed by atoms with E-state index in [4.69, 9.17) is 5.73 Å². The number of guanidine groups is 1. The fourth-order valence-corrected chi connectivity index (χ4v) is 2.21. The Morgan fingerprint density at radius 1 is 1.58 bits per heavy atom. The predicted octanol–water partition coefficient (Wildman–Crippen LogP) is 1.10. The van der Waals surface area contributed by atoms with Crippen molar-refractivity contribution in [2.45, 2.75) is 32.2 Å². The molecule has 0 spiro atoms. The molecule has 6 heteroatoms. The number of nitrogens with two attached hydrogens (primary N) is 1. The van der Waals surface area contributed by atoms with Crippen molar-refractivity contribution >= 4 is 35.8 Å². The van der Waals surface area contributed by atoms with Crippen molar-refractivity contribution < 1.29 is 4.79 Å². The number of nitrogens with zero attached hydrogens (tertiary/aromatic N) is 2. The van der Waals surface area contributed by atoms with Crippen LogP contribution in [-0.2, 0) is 4.79 Å². The number of hydrogen-bond acceptors (Lipinski definition) is 2. The first-order valence-corrected chi connectivity index (χ1v) is 6.54. The number of halogens is 1. The molecule has 2 aliphatic rings. The van der Waals surface area contributed by atoms with Crippen LogP contribution in [0.4, 0.5) is 0 Å². The summed E-state index contributed by atoms with van der Waals surface area (Å²) in [6, 6.07) is 0.525. The topological polar surface area (TPSA) is 70.7 Å². The summed E-state index contributed by atoms with van der Waals surface area (Å²) in [5, 5.41) is 3.09. The van der Waals surface area contributed by atoms with E-state index >= 15 is 0 Å². The van der Waals surface area contributed by atoms with Crippen LogP contribution >= 0.6 is 24.0 Å². The van der Waals surface area contributed by atoms with Gasteiger partial charge in [0.05, 0.1) is 6.54 Å². The quantitative estimate of drug-likeness (QED) is 0.326. The molecule has 0 radical (unpaired) electrons. The van der Waals surface area contributed by atoms with Gasteiger partial charge >= 0.3 is 0 Å². The van der Waals surface area contributed by atoms with Crippen LogP contribution in [0.1, 0.15) is 26.2 Å². The molecule has 0 aromatic heterocycles. The standard InChI is InChI=1S/C13H22N4O.HI/c1-9(2)6-15-13(14)16-7-10-5-12(18)17(8-10)11-3-4-11;/h10-11H,1,3-8H2,2H3,(H3,14,15,16);1H. The highest BCUT2D eigenvalue weighted by molar-refractivity contribution is 14.0. The fraction of sp³-hybridized carbons (Fsp3) is 0.692. The van der Waals surface area contributed by atoms with Gasteiger partial charge in [0.25, 0.3) is 0 Å². The van der Waals surface area contributed by atoms with E-state index in [0.717, 1.165) is 18.7 Å². The number of amides is 1. The number of likely N-dealkylation sites (tertiary alicyclic amines) is 1. The number of hydrogen-bond donors (Lipinski definition) is 2. The van der Waals surface area contributed by atoms with E-state index < -0.39 is 0 Å². The van der Waals surface area contributed by atoms with Gasteiger partial charge in [0.2, 0.25) is 5.91 Å². The van der Waals surface area contributed by atoms with Crippen LogP contribution in [0.3, 0.4) is 0 Å². The fourth-order valence-electron chi connectivity index (χ4n) is 2.21. The zero-order valence-electron chi connectivity index (χ0n) is 11.4. The molecule has 1 heterocycles. The molecule has 1 aliphatic heterocycles.